The molecule has 3 heteroatoms. The number of rotatable bonds is 2. The Labute approximate surface area is 105 Å². The fourth-order valence-corrected chi connectivity index (χ4v) is 2.01. The van der Waals surface area contributed by atoms with Crippen molar-refractivity contribution in [2.75, 3.05) is 0 Å². The highest BCUT2D eigenvalue weighted by atomic mass is 32.1. The smallest absolute Gasteiger partial charge is 0.123 e. The van der Waals surface area contributed by atoms with Crippen LogP contribution in [0.1, 0.15) is 18.1 Å². The molecule has 0 atom stereocenters. The minimum atomic E-state index is -0.568. The van der Waals surface area contributed by atoms with E-state index >= 15 is 0 Å². The minimum Gasteiger partial charge on any atom is -0.207 e. The van der Waals surface area contributed by atoms with Crippen LogP contribution >= 0.6 is 12.6 Å². The van der Waals surface area contributed by atoms with E-state index in [1.54, 1.807) is 24.3 Å². The van der Waals surface area contributed by atoms with Gasteiger partial charge in [0.25, 0.3) is 0 Å². The summed E-state index contributed by atoms with van der Waals surface area (Å²) < 4.78 is 25.1. The largest absolute Gasteiger partial charge is 0.207 e. The van der Waals surface area contributed by atoms with E-state index in [0.717, 1.165) is 11.1 Å². The first-order valence-electron chi connectivity index (χ1n) is 5.24. The molecule has 0 spiro atoms. The summed E-state index contributed by atoms with van der Waals surface area (Å²) in [5.74, 6) is -0.561. The third-order valence-electron chi connectivity index (χ3n) is 2.81. The van der Waals surface area contributed by atoms with Crippen molar-refractivity contribution in [1.82, 2.24) is 0 Å². The Morgan fingerprint density at radius 3 is 1.35 bits per heavy atom. The molecule has 2 aromatic rings. The van der Waals surface area contributed by atoms with Crippen molar-refractivity contribution in [3.63, 3.8) is 0 Å². The van der Waals surface area contributed by atoms with Crippen molar-refractivity contribution in [3.8, 4) is 0 Å². The molecule has 0 radical (unpaired) electrons. The van der Waals surface area contributed by atoms with Crippen molar-refractivity contribution in [1.29, 1.82) is 0 Å². The maximum Gasteiger partial charge on any atom is 0.123 e. The lowest BCUT2D eigenvalue weighted by molar-refractivity contribution is 0.624. The lowest BCUT2D eigenvalue weighted by Gasteiger charge is -2.24. The maximum absolute atomic E-state index is 12.9. The molecule has 17 heavy (non-hydrogen) atoms. The summed E-state index contributed by atoms with van der Waals surface area (Å²) in [6, 6.07) is 12.3. The second-order valence-corrected chi connectivity index (χ2v) is 4.98. The van der Waals surface area contributed by atoms with Gasteiger partial charge in [-0.25, -0.2) is 8.78 Å². The third-order valence-corrected chi connectivity index (χ3v) is 3.33. The van der Waals surface area contributed by atoms with Crippen molar-refractivity contribution in [2.24, 2.45) is 0 Å². The summed E-state index contributed by atoms with van der Waals surface area (Å²) in [5, 5.41) is 0. The third kappa shape index (κ3) is 2.50. The van der Waals surface area contributed by atoms with Gasteiger partial charge in [-0.3, -0.25) is 0 Å². The zero-order valence-corrected chi connectivity index (χ0v) is 10.2. The Morgan fingerprint density at radius 1 is 0.765 bits per heavy atom. The number of hydrogen-bond acceptors (Lipinski definition) is 1. The van der Waals surface area contributed by atoms with E-state index < -0.39 is 4.75 Å². The van der Waals surface area contributed by atoms with Crippen molar-refractivity contribution in [2.45, 2.75) is 11.7 Å². The number of halogens is 2. The summed E-state index contributed by atoms with van der Waals surface area (Å²) in [5.41, 5.74) is 1.74. The van der Waals surface area contributed by atoms with Crippen LogP contribution in [0.3, 0.4) is 0 Å². The van der Waals surface area contributed by atoms with E-state index in [2.05, 4.69) is 12.6 Å². The molecule has 0 saturated heterocycles. The van der Waals surface area contributed by atoms with Gasteiger partial charge >= 0.3 is 0 Å². The van der Waals surface area contributed by atoms with E-state index in [0.29, 0.717) is 0 Å². The maximum atomic E-state index is 12.9. The van der Waals surface area contributed by atoms with Gasteiger partial charge in [0.2, 0.25) is 0 Å². The van der Waals surface area contributed by atoms with E-state index in [4.69, 9.17) is 0 Å². The summed E-state index contributed by atoms with van der Waals surface area (Å²) in [6.07, 6.45) is 0. The summed E-state index contributed by atoms with van der Waals surface area (Å²) >= 11 is 4.59. The van der Waals surface area contributed by atoms with Crippen molar-refractivity contribution >= 4 is 12.6 Å². The quantitative estimate of drug-likeness (QED) is 0.760. The Kier molecular flexibility index (Phi) is 3.20. The Morgan fingerprint density at radius 2 is 1.06 bits per heavy atom. The minimum absolute atomic E-state index is 0.281. The van der Waals surface area contributed by atoms with Crippen LogP contribution in [0.15, 0.2) is 48.5 Å². The van der Waals surface area contributed by atoms with E-state index in [1.165, 1.54) is 24.3 Å². The predicted octanol–water partition coefficient (Wildman–Crippen LogP) is 4.16. The fourth-order valence-electron chi connectivity index (χ4n) is 1.72. The fraction of sp³-hybridized carbons (Fsp3) is 0.143. The summed E-state index contributed by atoms with van der Waals surface area (Å²) in [4.78, 5) is 0. The Hall–Kier alpha value is -1.35. The Bertz CT molecular complexity index is 453. The second-order valence-electron chi connectivity index (χ2n) is 4.09. The molecule has 0 N–H and O–H groups in total. The molecule has 0 aliphatic carbocycles. The highest BCUT2D eigenvalue weighted by molar-refractivity contribution is 7.81. The molecule has 0 nitrogen and oxygen atoms in total. The molecule has 0 bridgehead atoms. The molecule has 0 aliphatic rings. The first-order chi connectivity index (χ1) is 8.00. The average molecular weight is 250 g/mol. The first kappa shape index (κ1) is 12.1. The summed E-state index contributed by atoms with van der Waals surface area (Å²) in [7, 11) is 0. The molecule has 0 aromatic heterocycles. The highest BCUT2D eigenvalue weighted by Crippen LogP contribution is 2.35. The zero-order chi connectivity index (χ0) is 12.5. The molecule has 0 aliphatic heterocycles. The second kappa shape index (κ2) is 4.49. The van der Waals surface area contributed by atoms with Crippen LogP contribution in [0.25, 0.3) is 0 Å². The molecule has 0 heterocycles. The van der Waals surface area contributed by atoms with Crippen molar-refractivity contribution in [3.05, 3.63) is 71.3 Å². The van der Waals surface area contributed by atoms with Gasteiger partial charge < -0.3 is 0 Å². The molecule has 2 aromatic carbocycles. The molecular formula is C14H12F2S. The van der Waals surface area contributed by atoms with Gasteiger partial charge in [-0.15, -0.1) is 0 Å². The van der Waals surface area contributed by atoms with Crippen LogP contribution < -0.4 is 0 Å². The SMILES string of the molecule is CC(S)(c1ccc(F)cc1)c1ccc(F)cc1. The predicted molar refractivity (Wildman–Crippen MR) is 68.2 cm³/mol. The molecular weight excluding hydrogens is 238 g/mol. The molecule has 0 amide bonds. The molecule has 88 valence electrons. The highest BCUT2D eigenvalue weighted by Gasteiger charge is 2.24. The Balaban J connectivity index is 2.41. The van der Waals surface area contributed by atoms with Gasteiger partial charge in [0, 0.05) is 0 Å². The van der Waals surface area contributed by atoms with E-state index in [1.807, 2.05) is 6.92 Å². The summed E-state index contributed by atoms with van der Waals surface area (Å²) in [6.45, 7) is 1.90. The van der Waals surface area contributed by atoms with Crippen LogP contribution in [-0.4, -0.2) is 0 Å². The molecule has 0 unspecified atom stereocenters. The number of hydrogen-bond donors (Lipinski definition) is 1. The number of benzene rings is 2. The van der Waals surface area contributed by atoms with Gasteiger partial charge in [0.05, 0.1) is 4.75 Å². The molecule has 0 saturated carbocycles. The van der Waals surface area contributed by atoms with Gasteiger partial charge in [-0.05, 0) is 42.3 Å². The van der Waals surface area contributed by atoms with Gasteiger partial charge in [0.1, 0.15) is 11.6 Å². The standard InChI is InChI=1S/C14H12F2S/c1-14(17,10-2-6-12(15)7-3-10)11-4-8-13(16)9-5-11/h2-9,17H,1H3. The monoisotopic (exact) mass is 250 g/mol. The van der Waals surface area contributed by atoms with Crippen LogP contribution in [0, 0.1) is 11.6 Å². The topological polar surface area (TPSA) is 0 Å². The van der Waals surface area contributed by atoms with Crippen LogP contribution in [0.2, 0.25) is 0 Å². The number of thiol groups is 1. The first-order valence-corrected chi connectivity index (χ1v) is 5.69. The van der Waals surface area contributed by atoms with E-state index in [9.17, 15) is 8.78 Å². The average Bonchev–Trinajstić information content (AvgIpc) is 2.30. The lowest BCUT2D eigenvalue weighted by atomic mass is 9.92. The van der Waals surface area contributed by atoms with Gasteiger partial charge in [-0.1, -0.05) is 24.3 Å². The van der Waals surface area contributed by atoms with Crippen LogP contribution in [0.5, 0.6) is 0 Å². The van der Waals surface area contributed by atoms with Crippen molar-refractivity contribution < 1.29 is 8.78 Å². The van der Waals surface area contributed by atoms with Gasteiger partial charge in [0.15, 0.2) is 0 Å². The van der Waals surface area contributed by atoms with Gasteiger partial charge in [-0.2, -0.15) is 12.6 Å². The van der Waals surface area contributed by atoms with E-state index in [-0.39, 0.29) is 11.6 Å². The van der Waals surface area contributed by atoms with Crippen LogP contribution in [0.4, 0.5) is 8.78 Å². The molecule has 2 rings (SSSR count). The zero-order valence-electron chi connectivity index (χ0n) is 9.32. The van der Waals surface area contributed by atoms with Crippen LogP contribution in [-0.2, 0) is 4.75 Å². The lowest BCUT2D eigenvalue weighted by Crippen LogP contribution is -2.15. The molecule has 0 fully saturated rings. The normalized spacial score (nSPS) is 11.5.